The first-order valence-corrected chi connectivity index (χ1v) is 7.96. The Bertz CT molecular complexity index is 704. The fourth-order valence-electron chi connectivity index (χ4n) is 2.17. The normalized spacial score (nSPS) is 13.1. The predicted octanol–water partition coefficient (Wildman–Crippen LogP) is 2.81. The second-order valence-electron chi connectivity index (χ2n) is 4.81. The van der Waals surface area contributed by atoms with Crippen LogP contribution in [0.5, 0.6) is 5.75 Å². The molecule has 5 nitrogen and oxygen atoms in total. The molecule has 1 aliphatic heterocycles. The molecule has 0 fully saturated rings. The number of thioether (sulfide) groups is 1. The van der Waals surface area contributed by atoms with Crippen molar-refractivity contribution >= 4 is 23.3 Å². The van der Waals surface area contributed by atoms with Gasteiger partial charge in [0.05, 0.1) is 11.5 Å². The molecule has 0 radical (unpaired) electrons. The summed E-state index contributed by atoms with van der Waals surface area (Å²) in [5, 5.41) is 7.42. The lowest BCUT2D eigenvalue weighted by Gasteiger charge is -2.17. The van der Waals surface area contributed by atoms with Gasteiger partial charge in [-0.2, -0.15) is 5.10 Å². The molecular formula is C16H14N2O3S. The second-order valence-corrected chi connectivity index (χ2v) is 5.95. The van der Waals surface area contributed by atoms with Gasteiger partial charge < -0.3 is 4.74 Å². The first-order valence-electron chi connectivity index (χ1n) is 6.98. The van der Waals surface area contributed by atoms with E-state index >= 15 is 0 Å². The highest BCUT2D eigenvalue weighted by atomic mass is 32.2. The molecule has 0 N–H and O–H groups in total. The Balaban J connectivity index is 1.64. The Kier molecular flexibility index (Phi) is 4.48. The van der Waals surface area contributed by atoms with E-state index in [-0.39, 0.29) is 24.4 Å². The van der Waals surface area contributed by atoms with Crippen LogP contribution in [0.25, 0.3) is 0 Å². The van der Waals surface area contributed by atoms with Crippen LogP contribution < -0.4 is 4.74 Å². The number of benzene rings is 1. The Hall–Kier alpha value is -2.21. The van der Waals surface area contributed by atoms with Gasteiger partial charge in [0.15, 0.2) is 11.6 Å². The van der Waals surface area contributed by atoms with E-state index < -0.39 is 0 Å². The number of aromatic nitrogens is 2. The topological polar surface area (TPSA) is 69.2 Å². The molecule has 0 bridgehead atoms. The molecule has 1 aromatic carbocycles. The van der Waals surface area contributed by atoms with E-state index in [1.54, 1.807) is 30.0 Å². The van der Waals surface area contributed by atoms with Crippen molar-refractivity contribution in [3.63, 3.8) is 0 Å². The smallest absolute Gasteiger partial charge is 0.183 e. The number of ether oxygens (including phenoxy) is 1. The summed E-state index contributed by atoms with van der Waals surface area (Å²) in [6, 6.07) is 8.67. The molecule has 2 heterocycles. The van der Waals surface area contributed by atoms with Gasteiger partial charge in [-0.25, -0.2) is 0 Å². The van der Waals surface area contributed by atoms with Gasteiger partial charge in [-0.05, 0) is 30.3 Å². The maximum absolute atomic E-state index is 12.2. The first kappa shape index (κ1) is 14.7. The minimum Gasteiger partial charge on any atom is -0.492 e. The lowest BCUT2D eigenvalue weighted by Crippen LogP contribution is -2.09. The van der Waals surface area contributed by atoms with Gasteiger partial charge in [0, 0.05) is 30.4 Å². The average Bonchev–Trinajstić information content (AvgIpc) is 2.59. The van der Waals surface area contributed by atoms with Gasteiger partial charge in [-0.3, -0.25) is 9.59 Å². The summed E-state index contributed by atoms with van der Waals surface area (Å²) in [6.07, 6.45) is 1.81. The van der Waals surface area contributed by atoms with Crippen molar-refractivity contribution in [3.05, 3.63) is 47.8 Å². The number of hydrogen-bond donors (Lipinski definition) is 0. The quantitative estimate of drug-likeness (QED) is 0.790. The number of ketones is 2. The number of hydrogen-bond acceptors (Lipinski definition) is 6. The standard InChI is InChI=1S/C16H14N2O3S/c19-13(4-5-14(20)12-2-1-7-17-18-12)11-3-6-15-16(10-11)22-9-8-21-15/h1-3,6-7,10H,4-5,8-9H2. The van der Waals surface area contributed by atoms with Crippen molar-refractivity contribution in [2.24, 2.45) is 0 Å². The summed E-state index contributed by atoms with van der Waals surface area (Å²) < 4.78 is 5.51. The van der Waals surface area contributed by atoms with E-state index in [0.717, 1.165) is 16.4 Å². The van der Waals surface area contributed by atoms with E-state index in [9.17, 15) is 9.59 Å². The molecule has 1 aliphatic rings. The molecule has 0 aliphatic carbocycles. The molecule has 112 valence electrons. The highest BCUT2D eigenvalue weighted by Crippen LogP contribution is 2.34. The van der Waals surface area contributed by atoms with Crippen LogP contribution in [0.1, 0.15) is 33.7 Å². The highest BCUT2D eigenvalue weighted by Gasteiger charge is 2.16. The summed E-state index contributed by atoms with van der Waals surface area (Å²) >= 11 is 1.68. The monoisotopic (exact) mass is 314 g/mol. The third-order valence-corrected chi connectivity index (χ3v) is 4.30. The summed E-state index contributed by atoms with van der Waals surface area (Å²) in [5.41, 5.74) is 0.911. The number of carbonyl (C=O) groups excluding carboxylic acids is 2. The Labute approximate surface area is 132 Å². The lowest BCUT2D eigenvalue weighted by molar-refractivity contribution is 0.0914. The van der Waals surface area contributed by atoms with Crippen molar-refractivity contribution in [2.45, 2.75) is 17.7 Å². The van der Waals surface area contributed by atoms with Gasteiger partial charge in [0.1, 0.15) is 11.4 Å². The van der Waals surface area contributed by atoms with Crippen LogP contribution in [-0.4, -0.2) is 34.1 Å². The zero-order valence-corrected chi connectivity index (χ0v) is 12.6. The van der Waals surface area contributed by atoms with Crippen molar-refractivity contribution in [1.29, 1.82) is 0 Å². The van der Waals surface area contributed by atoms with Gasteiger partial charge in [0.25, 0.3) is 0 Å². The van der Waals surface area contributed by atoms with E-state index in [1.165, 1.54) is 6.20 Å². The number of rotatable bonds is 5. The van der Waals surface area contributed by atoms with E-state index in [0.29, 0.717) is 17.9 Å². The van der Waals surface area contributed by atoms with E-state index in [2.05, 4.69) is 10.2 Å². The summed E-state index contributed by atoms with van der Waals surface area (Å²) in [4.78, 5) is 25.1. The second kappa shape index (κ2) is 6.70. The maximum atomic E-state index is 12.2. The largest absolute Gasteiger partial charge is 0.492 e. The van der Waals surface area contributed by atoms with Crippen molar-refractivity contribution in [2.75, 3.05) is 12.4 Å². The molecule has 3 rings (SSSR count). The summed E-state index contributed by atoms with van der Waals surface area (Å²) in [6.45, 7) is 0.692. The van der Waals surface area contributed by atoms with Gasteiger partial charge >= 0.3 is 0 Å². The number of nitrogens with zero attached hydrogens (tertiary/aromatic N) is 2. The van der Waals surface area contributed by atoms with E-state index in [1.807, 2.05) is 12.1 Å². The average molecular weight is 314 g/mol. The molecule has 0 unspecified atom stereocenters. The van der Waals surface area contributed by atoms with Crippen LogP contribution in [0.3, 0.4) is 0 Å². The van der Waals surface area contributed by atoms with Gasteiger partial charge in [0.2, 0.25) is 0 Å². The minimum atomic E-state index is -0.169. The fourth-order valence-corrected chi connectivity index (χ4v) is 3.03. The van der Waals surface area contributed by atoms with Crippen LogP contribution in [0.2, 0.25) is 0 Å². The molecule has 2 aromatic rings. The lowest BCUT2D eigenvalue weighted by atomic mass is 10.0. The summed E-state index contributed by atoms with van der Waals surface area (Å²) in [5.74, 6) is 1.49. The molecule has 0 saturated heterocycles. The molecule has 0 saturated carbocycles. The van der Waals surface area contributed by atoms with Crippen LogP contribution in [-0.2, 0) is 0 Å². The van der Waals surface area contributed by atoms with Crippen molar-refractivity contribution < 1.29 is 14.3 Å². The third kappa shape index (κ3) is 3.33. The first-order chi connectivity index (χ1) is 10.7. The highest BCUT2D eigenvalue weighted by molar-refractivity contribution is 7.99. The molecule has 1 aromatic heterocycles. The zero-order chi connectivity index (χ0) is 15.4. The minimum absolute atomic E-state index is 0.0498. The van der Waals surface area contributed by atoms with Crippen molar-refractivity contribution in [1.82, 2.24) is 10.2 Å². The summed E-state index contributed by atoms with van der Waals surface area (Å²) in [7, 11) is 0. The van der Waals surface area contributed by atoms with Crippen LogP contribution >= 0.6 is 11.8 Å². The van der Waals surface area contributed by atoms with Gasteiger partial charge in [-0.15, -0.1) is 16.9 Å². The fraction of sp³-hybridized carbons (Fsp3) is 0.250. The molecular weight excluding hydrogens is 300 g/mol. The predicted molar refractivity (Wildman–Crippen MR) is 82.6 cm³/mol. The third-order valence-electron chi connectivity index (χ3n) is 3.30. The molecule has 0 amide bonds. The van der Waals surface area contributed by atoms with Gasteiger partial charge in [-0.1, -0.05) is 0 Å². The Morgan fingerprint density at radius 1 is 1.18 bits per heavy atom. The zero-order valence-electron chi connectivity index (χ0n) is 11.8. The van der Waals surface area contributed by atoms with E-state index in [4.69, 9.17) is 4.74 Å². The molecule has 22 heavy (non-hydrogen) atoms. The Morgan fingerprint density at radius 3 is 2.86 bits per heavy atom. The number of fused-ring (bicyclic) bond motifs is 1. The number of Topliss-reactive ketones (excluding diaryl/α,β-unsaturated/α-hetero) is 2. The maximum Gasteiger partial charge on any atom is 0.183 e. The van der Waals surface area contributed by atoms with Crippen molar-refractivity contribution in [3.8, 4) is 5.75 Å². The Morgan fingerprint density at radius 2 is 2.05 bits per heavy atom. The molecule has 0 spiro atoms. The number of carbonyl (C=O) groups is 2. The SMILES string of the molecule is O=C(CCC(=O)c1cccnn1)c1ccc2c(c1)SCCO2. The van der Waals surface area contributed by atoms with Crippen LogP contribution in [0.15, 0.2) is 41.4 Å². The van der Waals surface area contributed by atoms with Crippen LogP contribution in [0.4, 0.5) is 0 Å². The molecule has 6 heteroatoms. The van der Waals surface area contributed by atoms with Crippen LogP contribution in [0, 0.1) is 0 Å². The molecule has 0 atom stereocenters.